The predicted molar refractivity (Wildman–Crippen MR) is 93.5 cm³/mol. The third kappa shape index (κ3) is 4.36. The molecule has 0 bridgehead atoms. The van der Waals surface area contributed by atoms with Crippen molar-refractivity contribution < 1.29 is 13.2 Å². The molecule has 0 amide bonds. The molecular formula is C18H22F2N4O. The quantitative estimate of drug-likeness (QED) is 0.642. The van der Waals surface area contributed by atoms with Crippen molar-refractivity contribution in [3.8, 4) is 0 Å². The van der Waals surface area contributed by atoms with Gasteiger partial charge in [-0.25, -0.2) is 8.78 Å². The molecule has 0 aliphatic carbocycles. The lowest BCUT2D eigenvalue weighted by Gasteiger charge is -2.24. The number of guanidine groups is 1. The van der Waals surface area contributed by atoms with Gasteiger partial charge in [-0.2, -0.15) is 0 Å². The number of hydrogen-bond donors (Lipinski definition) is 2. The van der Waals surface area contributed by atoms with Gasteiger partial charge >= 0.3 is 0 Å². The van der Waals surface area contributed by atoms with Crippen molar-refractivity contribution in [1.29, 1.82) is 0 Å². The van der Waals surface area contributed by atoms with Crippen LogP contribution in [0, 0.1) is 18.6 Å². The summed E-state index contributed by atoms with van der Waals surface area (Å²) in [5.74, 6) is 0.593. The highest BCUT2D eigenvalue weighted by molar-refractivity contribution is 5.92. The first-order valence-electron chi connectivity index (χ1n) is 8.35. The third-order valence-corrected chi connectivity index (χ3v) is 4.30. The van der Waals surface area contributed by atoms with Gasteiger partial charge < -0.3 is 15.5 Å². The Labute approximate surface area is 145 Å². The Kier molecular flexibility index (Phi) is 5.33. The van der Waals surface area contributed by atoms with Crippen molar-refractivity contribution in [2.45, 2.75) is 25.8 Å². The Bertz CT molecular complexity index is 753. The van der Waals surface area contributed by atoms with Gasteiger partial charge in [0.05, 0.1) is 18.3 Å². The summed E-state index contributed by atoms with van der Waals surface area (Å²) in [6.07, 6.45) is 2.28. The molecule has 1 fully saturated rings. The van der Waals surface area contributed by atoms with Crippen LogP contribution in [0.15, 0.2) is 39.7 Å². The summed E-state index contributed by atoms with van der Waals surface area (Å²) in [6, 6.07) is 7.00. The fourth-order valence-electron chi connectivity index (χ4n) is 3.03. The van der Waals surface area contributed by atoms with Gasteiger partial charge in [-0.3, -0.25) is 9.89 Å². The van der Waals surface area contributed by atoms with Crippen molar-refractivity contribution in [2.24, 2.45) is 10.7 Å². The van der Waals surface area contributed by atoms with E-state index >= 15 is 0 Å². The molecule has 2 heterocycles. The molecule has 0 radical (unpaired) electrons. The number of rotatable bonds is 5. The molecule has 1 aromatic carbocycles. The number of aryl methyl sites for hydroxylation is 1. The average molecular weight is 348 g/mol. The van der Waals surface area contributed by atoms with Crippen LogP contribution in [0.4, 0.5) is 14.5 Å². The Balaban J connectivity index is 1.72. The second-order valence-corrected chi connectivity index (χ2v) is 6.18. The molecule has 7 heteroatoms. The number of furan rings is 1. The first-order chi connectivity index (χ1) is 12.0. The topological polar surface area (TPSA) is 66.8 Å². The minimum Gasteiger partial charge on any atom is -0.465 e. The maximum absolute atomic E-state index is 13.7. The highest BCUT2D eigenvalue weighted by atomic mass is 19.1. The molecule has 1 aliphatic heterocycles. The van der Waals surface area contributed by atoms with Gasteiger partial charge in [-0.1, -0.05) is 0 Å². The Morgan fingerprint density at radius 1 is 1.28 bits per heavy atom. The first kappa shape index (κ1) is 17.4. The summed E-state index contributed by atoms with van der Waals surface area (Å²) >= 11 is 0. The molecule has 1 unspecified atom stereocenters. The van der Waals surface area contributed by atoms with Crippen molar-refractivity contribution in [3.05, 3.63) is 53.5 Å². The van der Waals surface area contributed by atoms with E-state index in [-0.39, 0.29) is 17.7 Å². The molecule has 134 valence electrons. The number of nitrogens with two attached hydrogens (primary N) is 1. The van der Waals surface area contributed by atoms with Crippen LogP contribution >= 0.6 is 0 Å². The minimum absolute atomic E-state index is 0.0195. The monoisotopic (exact) mass is 348 g/mol. The fraction of sp³-hybridized carbons (Fsp3) is 0.389. The van der Waals surface area contributed by atoms with Gasteiger partial charge in [-0.05, 0) is 57.1 Å². The van der Waals surface area contributed by atoms with E-state index in [9.17, 15) is 8.78 Å². The lowest BCUT2D eigenvalue weighted by molar-refractivity contribution is 0.219. The van der Waals surface area contributed by atoms with Crippen molar-refractivity contribution in [3.63, 3.8) is 0 Å². The first-order valence-corrected chi connectivity index (χ1v) is 8.35. The molecule has 1 atom stereocenters. The number of nitrogens with zero attached hydrogens (tertiary/aromatic N) is 2. The number of halogens is 2. The second-order valence-electron chi connectivity index (χ2n) is 6.18. The molecule has 1 saturated heterocycles. The molecule has 3 N–H and O–H groups in total. The van der Waals surface area contributed by atoms with E-state index in [0.29, 0.717) is 6.54 Å². The molecular weight excluding hydrogens is 326 g/mol. The van der Waals surface area contributed by atoms with Gasteiger partial charge in [0.1, 0.15) is 23.2 Å². The fourth-order valence-corrected chi connectivity index (χ4v) is 3.03. The standard InChI is InChI=1S/C18H22F2N4O/c1-12-4-7-17(25-12)16(24-8-2-3-9-24)11-22-18(21)23-15-10-13(19)5-6-14(15)20/h4-7,10,16H,2-3,8-9,11H2,1H3,(H3,21,22,23). The van der Waals surface area contributed by atoms with E-state index in [1.165, 1.54) is 0 Å². The van der Waals surface area contributed by atoms with E-state index in [1.54, 1.807) is 0 Å². The number of nitrogens with one attached hydrogen (secondary N) is 1. The number of aliphatic imine (C=N–C) groups is 1. The van der Waals surface area contributed by atoms with Crippen LogP contribution in [0.1, 0.15) is 30.4 Å². The SMILES string of the molecule is Cc1ccc(C(CN=C(N)Nc2cc(F)ccc2F)N2CCCC2)o1. The lowest BCUT2D eigenvalue weighted by atomic mass is 10.2. The molecule has 3 rings (SSSR count). The summed E-state index contributed by atoms with van der Waals surface area (Å²) in [5.41, 5.74) is 5.82. The molecule has 25 heavy (non-hydrogen) atoms. The predicted octanol–water partition coefficient (Wildman–Crippen LogP) is 3.43. The molecule has 0 spiro atoms. The Morgan fingerprint density at radius 2 is 2.04 bits per heavy atom. The van der Waals surface area contributed by atoms with Crippen LogP contribution in [0.3, 0.4) is 0 Å². The number of anilines is 1. The zero-order valence-corrected chi connectivity index (χ0v) is 14.1. The smallest absolute Gasteiger partial charge is 0.193 e. The van der Waals surface area contributed by atoms with Crippen LogP contribution in [-0.2, 0) is 0 Å². The molecule has 0 saturated carbocycles. The summed E-state index contributed by atoms with van der Waals surface area (Å²) in [5, 5.41) is 2.62. The summed E-state index contributed by atoms with van der Waals surface area (Å²) in [6.45, 7) is 4.23. The van der Waals surface area contributed by atoms with Gasteiger partial charge in [0.2, 0.25) is 0 Å². The number of hydrogen-bond acceptors (Lipinski definition) is 3. The summed E-state index contributed by atoms with van der Waals surface area (Å²) in [4.78, 5) is 6.62. The van der Waals surface area contributed by atoms with Crippen molar-refractivity contribution in [1.82, 2.24) is 4.90 Å². The van der Waals surface area contributed by atoms with Crippen LogP contribution in [-0.4, -0.2) is 30.5 Å². The van der Waals surface area contributed by atoms with E-state index in [1.807, 2.05) is 19.1 Å². The molecule has 5 nitrogen and oxygen atoms in total. The van der Waals surface area contributed by atoms with E-state index in [2.05, 4.69) is 15.2 Å². The summed E-state index contributed by atoms with van der Waals surface area (Å²) < 4.78 is 32.7. The number of likely N-dealkylation sites (tertiary alicyclic amines) is 1. The number of benzene rings is 1. The van der Waals surface area contributed by atoms with Crippen LogP contribution in [0.5, 0.6) is 0 Å². The highest BCUT2D eigenvalue weighted by Gasteiger charge is 2.25. The van der Waals surface area contributed by atoms with E-state index in [0.717, 1.165) is 55.7 Å². The van der Waals surface area contributed by atoms with Gasteiger partial charge in [0.25, 0.3) is 0 Å². The van der Waals surface area contributed by atoms with Gasteiger partial charge in [0, 0.05) is 6.07 Å². The Hall–Kier alpha value is -2.41. The maximum Gasteiger partial charge on any atom is 0.193 e. The molecule has 1 aliphatic rings. The largest absolute Gasteiger partial charge is 0.465 e. The van der Waals surface area contributed by atoms with E-state index in [4.69, 9.17) is 10.2 Å². The van der Waals surface area contributed by atoms with Gasteiger partial charge in [0.15, 0.2) is 5.96 Å². The summed E-state index contributed by atoms with van der Waals surface area (Å²) in [7, 11) is 0. The molecule has 2 aromatic rings. The molecule has 1 aromatic heterocycles. The van der Waals surface area contributed by atoms with Crippen molar-refractivity contribution >= 4 is 11.6 Å². The van der Waals surface area contributed by atoms with Crippen molar-refractivity contribution in [2.75, 3.05) is 25.0 Å². The second kappa shape index (κ2) is 7.65. The third-order valence-electron chi connectivity index (χ3n) is 4.30. The highest BCUT2D eigenvalue weighted by Crippen LogP contribution is 2.27. The maximum atomic E-state index is 13.7. The van der Waals surface area contributed by atoms with Crippen LogP contribution < -0.4 is 11.1 Å². The lowest BCUT2D eigenvalue weighted by Crippen LogP contribution is -2.30. The zero-order chi connectivity index (χ0) is 17.8. The van der Waals surface area contributed by atoms with Crippen LogP contribution in [0.2, 0.25) is 0 Å². The zero-order valence-electron chi connectivity index (χ0n) is 14.1. The minimum atomic E-state index is -0.586. The average Bonchev–Trinajstić information content (AvgIpc) is 3.24. The van der Waals surface area contributed by atoms with Crippen LogP contribution in [0.25, 0.3) is 0 Å². The van der Waals surface area contributed by atoms with E-state index < -0.39 is 11.6 Å². The Morgan fingerprint density at radius 3 is 2.72 bits per heavy atom. The normalized spacial score (nSPS) is 17.0. The van der Waals surface area contributed by atoms with Gasteiger partial charge in [-0.15, -0.1) is 0 Å².